The van der Waals surface area contributed by atoms with Crippen LogP contribution >= 0.6 is 38.5 Å². The Morgan fingerprint density at radius 1 is 1.05 bits per heavy atom. The maximum absolute atomic E-state index is 3.75. The predicted octanol–water partition coefficient (Wildman–Crippen LogP) is 6.57. The quantitative estimate of drug-likeness (QED) is 0.269. The molecule has 104 valence electrons. The molecule has 1 aliphatic rings. The maximum Gasteiger partial charge on any atom is 0.0260 e. The van der Waals surface area contributed by atoms with Crippen molar-refractivity contribution in [1.29, 1.82) is 0 Å². The van der Waals surface area contributed by atoms with Gasteiger partial charge in [-0.1, -0.05) is 59.3 Å². The van der Waals surface area contributed by atoms with Crippen LogP contribution < -0.4 is 0 Å². The van der Waals surface area contributed by atoms with E-state index in [4.69, 9.17) is 0 Å². The van der Waals surface area contributed by atoms with Gasteiger partial charge in [0.25, 0.3) is 0 Å². The topological polar surface area (TPSA) is 0 Å². The first-order valence-corrected chi connectivity index (χ1v) is 9.03. The maximum atomic E-state index is 3.75. The third-order valence-corrected chi connectivity index (χ3v) is 5.95. The van der Waals surface area contributed by atoms with E-state index in [1.165, 1.54) is 40.7 Å². The number of hydrogen-bond donors (Lipinski definition) is 0. The molecule has 0 fully saturated rings. The summed E-state index contributed by atoms with van der Waals surface area (Å²) in [5.41, 5.74) is 2.90. The van der Waals surface area contributed by atoms with Gasteiger partial charge in [-0.2, -0.15) is 0 Å². The van der Waals surface area contributed by atoms with Crippen LogP contribution in [-0.4, -0.2) is 0 Å². The molecule has 0 heterocycles. The fourth-order valence-corrected chi connectivity index (χ4v) is 4.68. The molecule has 0 aliphatic heterocycles. The van der Waals surface area contributed by atoms with Crippen LogP contribution in [0.25, 0.3) is 27.6 Å². The van der Waals surface area contributed by atoms with E-state index in [0.717, 1.165) is 6.42 Å². The zero-order chi connectivity index (χ0) is 14.6. The first kappa shape index (κ1) is 13.8. The van der Waals surface area contributed by atoms with Gasteiger partial charge >= 0.3 is 0 Å². The van der Waals surface area contributed by atoms with E-state index in [1.807, 2.05) is 0 Å². The van der Waals surface area contributed by atoms with Crippen LogP contribution in [0.3, 0.4) is 0 Å². The summed E-state index contributed by atoms with van der Waals surface area (Å²) in [5.74, 6) is 0.632. The minimum atomic E-state index is 0.632. The highest BCUT2D eigenvalue weighted by Crippen LogP contribution is 2.39. The van der Waals surface area contributed by atoms with Crippen molar-refractivity contribution in [2.24, 2.45) is 5.92 Å². The van der Waals surface area contributed by atoms with Crippen LogP contribution in [0.15, 0.2) is 46.9 Å². The van der Waals surface area contributed by atoms with Crippen molar-refractivity contribution in [1.82, 2.24) is 0 Å². The Morgan fingerprint density at radius 2 is 1.81 bits per heavy atom. The summed E-state index contributed by atoms with van der Waals surface area (Å²) < 4.78 is 2.57. The lowest BCUT2D eigenvalue weighted by molar-refractivity contribution is 0.716. The number of benzene rings is 3. The largest absolute Gasteiger partial charge is 0.0807 e. The van der Waals surface area contributed by atoms with Crippen LogP contribution in [0.2, 0.25) is 0 Å². The van der Waals surface area contributed by atoms with Crippen molar-refractivity contribution in [3.63, 3.8) is 0 Å². The van der Waals surface area contributed by atoms with E-state index in [-0.39, 0.29) is 0 Å². The third-order valence-electron chi connectivity index (χ3n) is 4.33. The molecular formula is C19H14BrI. The summed E-state index contributed by atoms with van der Waals surface area (Å²) >= 11 is 6.25. The van der Waals surface area contributed by atoms with Crippen molar-refractivity contribution in [2.75, 3.05) is 0 Å². The van der Waals surface area contributed by atoms with Crippen molar-refractivity contribution in [2.45, 2.75) is 13.3 Å². The van der Waals surface area contributed by atoms with Crippen molar-refractivity contribution < 1.29 is 0 Å². The molecule has 21 heavy (non-hydrogen) atoms. The SMILES string of the molecule is CC1C=Cc2c(c(I)cc3c2cc(Br)c2ccccc23)C1. The predicted molar refractivity (Wildman–Crippen MR) is 104 cm³/mol. The second-order valence-corrected chi connectivity index (χ2v) is 7.81. The minimum Gasteiger partial charge on any atom is -0.0807 e. The molecule has 0 aromatic heterocycles. The van der Waals surface area contributed by atoms with Gasteiger partial charge in [-0.25, -0.2) is 0 Å². The first-order valence-electron chi connectivity index (χ1n) is 7.15. The van der Waals surface area contributed by atoms with Gasteiger partial charge in [-0.05, 0) is 79.7 Å². The van der Waals surface area contributed by atoms with Crippen LogP contribution in [0.4, 0.5) is 0 Å². The van der Waals surface area contributed by atoms with Gasteiger partial charge < -0.3 is 0 Å². The second-order valence-electron chi connectivity index (χ2n) is 5.79. The highest BCUT2D eigenvalue weighted by atomic mass is 127. The molecule has 0 radical (unpaired) electrons. The molecule has 0 bridgehead atoms. The zero-order valence-corrected chi connectivity index (χ0v) is 15.4. The van der Waals surface area contributed by atoms with Crippen molar-refractivity contribution in [3.05, 3.63) is 61.6 Å². The van der Waals surface area contributed by atoms with E-state index in [1.54, 1.807) is 0 Å². The molecule has 0 amide bonds. The number of rotatable bonds is 0. The standard InChI is InChI=1S/C19H14BrI/c1-11-6-7-13-15-9-18(20)14-5-3-2-4-12(14)16(15)10-19(21)17(13)8-11/h2-7,9-11H,8H2,1H3. The van der Waals surface area contributed by atoms with Gasteiger partial charge in [0.15, 0.2) is 0 Å². The molecule has 2 heteroatoms. The molecule has 1 atom stereocenters. The van der Waals surface area contributed by atoms with Gasteiger partial charge in [-0.3, -0.25) is 0 Å². The van der Waals surface area contributed by atoms with E-state index >= 15 is 0 Å². The van der Waals surface area contributed by atoms with Gasteiger partial charge in [0.2, 0.25) is 0 Å². The summed E-state index contributed by atoms with van der Waals surface area (Å²) in [4.78, 5) is 0. The van der Waals surface area contributed by atoms with E-state index in [0.29, 0.717) is 5.92 Å². The van der Waals surface area contributed by atoms with Gasteiger partial charge in [0, 0.05) is 8.04 Å². The molecule has 0 N–H and O–H groups in total. The average molecular weight is 449 g/mol. The fourth-order valence-electron chi connectivity index (χ4n) is 3.29. The first-order chi connectivity index (χ1) is 10.1. The zero-order valence-electron chi connectivity index (χ0n) is 11.7. The highest BCUT2D eigenvalue weighted by molar-refractivity contribution is 14.1. The Labute approximate surface area is 146 Å². The van der Waals surface area contributed by atoms with Gasteiger partial charge in [0.05, 0.1) is 0 Å². The number of allylic oxidation sites excluding steroid dienone is 1. The van der Waals surface area contributed by atoms with Crippen LogP contribution in [-0.2, 0) is 6.42 Å². The van der Waals surface area contributed by atoms with Gasteiger partial charge in [0.1, 0.15) is 0 Å². The van der Waals surface area contributed by atoms with Crippen molar-refractivity contribution in [3.8, 4) is 0 Å². The molecular weight excluding hydrogens is 435 g/mol. The Bertz CT molecular complexity index is 908. The minimum absolute atomic E-state index is 0.632. The van der Waals surface area contributed by atoms with E-state index in [9.17, 15) is 0 Å². The lowest BCUT2D eigenvalue weighted by Crippen LogP contribution is -2.06. The van der Waals surface area contributed by atoms with E-state index < -0.39 is 0 Å². The Hall–Kier alpha value is -0.870. The summed E-state index contributed by atoms with van der Waals surface area (Å²) in [7, 11) is 0. The van der Waals surface area contributed by atoms with Gasteiger partial charge in [-0.15, -0.1) is 0 Å². The summed E-state index contributed by atoms with van der Waals surface area (Å²) in [6.07, 6.45) is 5.79. The second kappa shape index (κ2) is 5.10. The number of hydrogen-bond acceptors (Lipinski definition) is 0. The fraction of sp³-hybridized carbons (Fsp3) is 0.158. The lowest BCUT2D eigenvalue weighted by Gasteiger charge is -2.20. The van der Waals surface area contributed by atoms with Crippen molar-refractivity contribution >= 4 is 66.1 Å². The Kier molecular flexibility index (Phi) is 3.34. The molecule has 1 aliphatic carbocycles. The Morgan fingerprint density at radius 3 is 2.62 bits per heavy atom. The highest BCUT2D eigenvalue weighted by Gasteiger charge is 2.17. The summed E-state index contributed by atoms with van der Waals surface area (Å²) in [5, 5.41) is 5.33. The molecule has 4 rings (SSSR count). The number of fused-ring (bicyclic) bond motifs is 5. The molecule has 3 aromatic rings. The summed E-state index contributed by atoms with van der Waals surface area (Å²) in [6, 6.07) is 13.3. The normalized spacial score (nSPS) is 17.4. The van der Waals surface area contributed by atoms with Crippen LogP contribution in [0, 0.1) is 9.49 Å². The third kappa shape index (κ3) is 2.15. The molecule has 0 saturated heterocycles. The molecule has 0 saturated carbocycles. The molecule has 1 unspecified atom stereocenters. The monoisotopic (exact) mass is 448 g/mol. The molecule has 0 nitrogen and oxygen atoms in total. The lowest BCUT2D eigenvalue weighted by atomic mass is 9.86. The average Bonchev–Trinajstić information content (AvgIpc) is 2.49. The van der Waals surface area contributed by atoms with Crippen LogP contribution in [0.1, 0.15) is 18.1 Å². The molecule has 0 spiro atoms. The van der Waals surface area contributed by atoms with Crippen LogP contribution in [0.5, 0.6) is 0 Å². The Balaban J connectivity index is 2.21. The van der Waals surface area contributed by atoms with E-state index in [2.05, 4.69) is 94.0 Å². The molecule has 3 aromatic carbocycles. The smallest absolute Gasteiger partial charge is 0.0260 e. The number of halogens is 2. The summed E-state index contributed by atoms with van der Waals surface area (Å²) in [6.45, 7) is 2.29.